The molecule has 148 valence electrons. The number of nitrogens with zero attached hydrogens (tertiary/aromatic N) is 4. The molecule has 29 heavy (non-hydrogen) atoms. The number of rotatable bonds is 6. The average molecular weight is 471 g/mol. The Hall–Kier alpha value is -2.58. The van der Waals surface area contributed by atoms with Crippen molar-refractivity contribution in [3.05, 3.63) is 65.2 Å². The molecule has 0 atom stereocenters. The highest BCUT2D eigenvalue weighted by atomic mass is 79.9. The molecule has 4 rings (SSSR count). The molecule has 2 heterocycles. The summed E-state index contributed by atoms with van der Waals surface area (Å²) in [6.45, 7) is 4.98. The van der Waals surface area contributed by atoms with Gasteiger partial charge in [0, 0.05) is 23.2 Å². The summed E-state index contributed by atoms with van der Waals surface area (Å²) >= 11 is 4.76. The van der Waals surface area contributed by atoms with Crippen LogP contribution in [0.5, 0.6) is 5.75 Å². The van der Waals surface area contributed by atoms with Crippen LogP contribution in [0.15, 0.2) is 64.7 Å². The number of anilines is 1. The van der Waals surface area contributed by atoms with Crippen LogP contribution in [0.4, 0.5) is 5.69 Å². The van der Waals surface area contributed by atoms with Crippen LogP contribution in [0.2, 0.25) is 0 Å². The Kier molecular flexibility index (Phi) is 5.73. The Morgan fingerprint density at radius 3 is 2.93 bits per heavy atom. The van der Waals surface area contributed by atoms with Crippen LogP contribution in [0.1, 0.15) is 5.56 Å². The van der Waals surface area contributed by atoms with Crippen molar-refractivity contribution in [2.45, 2.75) is 18.1 Å². The molecule has 0 spiro atoms. The third-order valence-electron chi connectivity index (χ3n) is 4.74. The van der Waals surface area contributed by atoms with Crippen LogP contribution in [-0.2, 0) is 17.8 Å². The molecular formula is C21H19BrN4O2S. The minimum absolute atomic E-state index is 0.0416. The Bertz CT molecular complexity index is 1080. The number of carbonyl (C=O) groups is 1. The Labute approximate surface area is 181 Å². The molecule has 0 radical (unpaired) electrons. The number of fused-ring (bicyclic) bond motifs is 1. The number of hydrogen-bond acceptors (Lipinski definition) is 5. The summed E-state index contributed by atoms with van der Waals surface area (Å²) in [7, 11) is 0. The number of hydrogen-bond donors (Lipinski definition) is 1. The van der Waals surface area contributed by atoms with E-state index >= 15 is 0 Å². The number of aromatic nitrogens is 3. The fourth-order valence-corrected chi connectivity index (χ4v) is 4.56. The maximum atomic E-state index is 12.8. The molecular weight excluding hydrogens is 452 g/mol. The number of aromatic hydroxyl groups is 1. The maximum absolute atomic E-state index is 12.8. The maximum Gasteiger partial charge on any atom is 0.237 e. The van der Waals surface area contributed by atoms with Crippen molar-refractivity contribution in [2.24, 2.45) is 0 Å². The lowest BCUT2D eigenvalue weighted by Crippen LogP contribution is -2.30. The lowest BCUT2D eigenvalue weighted by Gasteiger charge is -2.17. The molecule has 1 N–H and O–H groups in total. The zero-order valence-electron chi connectivity index (χ0n) is 15.6. The number of thioether (sulfide) groups is 1. The summed E-state index contributed by atoms with van der Waals surface area (Å²) in [5, 5.41) is 19.4. The molecule has 1 aliphatic rings. The van der Waals surface area contributed by atoms with Crippen LogP contribution in [0.3, 0.4) is 0 Å². The predicted octanol–water partition coefficient (Wildman–Crippen LogP) is 4.28. The lowest BCUT2D eigenvalue weighted by atomic mass is 10.2. The summed E-state index contributed by atoms with van der Waals surface area (Å²) in [4.78, 5) is 14.6. The monoisotopic (exact) mass is 470 g/mol. The van der Waals surface area contributed by atoms with Gasteiger partial charge in [-0.3, -0.25) is 9.36 Å². The first kappa shape index (κ1) is 19.7. The molecule has 0 unspecified atom stereocenters. The molecule has 8 heteroatoms. The van der Waals surface area contributed by atoms with Gasteiger partial charge < -0.3 is 10.0 Å². The molecule has 1 aromatic heterocycles. The van der Waals surface area contributed by atoms with Gasteiger partial charge in [0.25, 0.3) is 0 Å². The van der Waals surface area contributed by atoms with E-state index in [1.807, 2.05) is 27.7 Å². The van der Waals surface area contributed by atoms with E-state index in [2.05, 4.69) is 38.8 Å². The van der Waals surface area contributed by atoms with E-state index in [0.29, 0.717) is 29.6 Å². The first-order valence-electron chi connectivity index (χ1n) is 9.12. The largest absolute Gasteiger partial charge is 0.507 e. The van der Waals surface area contributed by atoms with Crippen LogP contribution >= 0.6 is 27.7 Å². The van der Waals surface area contributed by atoms with Gasteiger partial charge in [-0.15, -0.1) is 16.8 Å². The SMILES string of the molecule is C=CCn1c(SCC(=O)N2CCc3ccccc32)nnc1-c1cc(Br)ccc1O. The highest BCUT2D eigenvalue weighted by Crippen LogP contribution is 2.33. The number of para-hydroxylation sites is 1. The molecule has 1 amide bonds. The molecule has 2 aromatic carbocycles. The van der Waals surface area contributed by atoms with Gasteiger partial charge in [-0.05, 0) is 36.2 Å². The van der Waals surface area contributed by atoms with Crippen molar-refractivity contribution in [2.75, 3.05) is 17.2 Å². The van der Waals surface area contributed by atoms with Gasteiger partial charge in [-0.2, -0.15) is 0 Å². The normalized spacial score (nSPS) is 12.8. The molecule has 0 saturated carbocycles. The van der Waals surface area contributed by atoms with E-state index < -0.39 is 0 Å². The van der Waals surface area contributed by atoms with Crippen molar-refractivity contribution in [1.82, 2.24) is 14.8 Å². The smallest absolute Gasteiger partial charge is 0.237 e. The van der Waals surface area contributed by atoms with Gasteiger partial charge >= 0.3 is 0 Å². The van der Waals surface area contributed by atoms with Crippen LogP contribution in [0, 0.1) is 0 Å². The number of amides is 1. The molecule has 3 aromatic rings. The van der Waals surface area contributed by atoms with Gasteiger partial charge in [0.15, 0.2) is 11.0 Å². The average Bonchev–Trinajstić information content (AvgIpc) is 3.33. The molecule has 1 aliphatic heterocycles. The fraction of sp³-hybridized carbons (Fsp3) is 0.190. The molecule has 6 nitrogen and oxygen atoms in total. The number of phenols is 1. The molecule has 0 aliphatic carbocycles. The van der Waals surface area contributed by atoms with Crippen molar-refractivity contribution >= 4 is 39.3 Å². The minimum Gasteiger partial charge on any atom is -0.507 e. The third kappa shape index (κ3) is 3.95. The summed E-state index contributed by atoms with van der Waals surface area (Å²) < 4.78 is 2.68. The van der Waals surface area contributed by atoms with Crippen molar-refractivity contribution in [1.29, 1.82) is 0 Å². The second-order valence-corrected chi connectivity index (χ2v) is 8.44. The topological polar surface area (TPSA) is 71.2 Å². The number of phenolic OH excluding ortho intramolecular Hbond substituents is 1. The number of carbonyl (C=O) groups excluding carboxylic acids is 1. The van der Waals surface area contributed by atoms with Crippen molar-refractivity contribution in [3.63, 3.8) is 0 Å². The van der Waals surface area contributed by atoms with Gasteiger partial charge in [0.2, 0.25) is 5.91 Å². The highest BCUT2D eigenvalue weighted by molar-refractivity contribution is 9.10. The van der Waals surface area contributed by atoms with Crippen LogP contribution in [0.25, 0.3) is 11.4 Å². The Morgan fingerprint density at radius 2 is 2.10 bits per heavy atom. The zero-order valence-corrected chi connectivity index (χ0v) is 18.0. The second-order valence-electron chi connectivity index (χ2n) is 6.58. The van der Waals surface area contributed by atoms with E-state index in [4.69, 9.17) is 0 Å². The molecule has 0 bridgehead atoms. The summed E-state index contributed by atoms with van der Waals surface area (Å²) in [5.41, 5.74) is 2.76. The van der Waals surface area contributed by atoms with E-state index in [1.54, 1.807) is 24.3 Å². The van der Waals surface area contributed by atoms with E-state index in [-0.39, 0.29) is 17.4 Å². The summed E-state index contributed by atoms with van der Waals surface area (Å²) in [6.07, 6.45) is 2.62. The summed E-state index contributed by atoms with van der Waals surface area (Å²) in [6, 6.07) is 13.2. The van der Waals surface area contributed by atoms with E-state index in [0.717, 1.165) is 16.6 Å². The van der Waals surface area contributed by atoms with E-state index in [9.17, 15) is 9.90 Å². The predicted molar refractivity (Wildman–Crippen MR) is 118 cm³/mol. The molecule has 0 fully saturated rings. The summed E-state index contributed by atoms with van der Waals surface area (Å²) in [5.74, 6) is 0.950. The number of allylic oxidation sites excluding steroid dienone is 1. The first-order chi connectivity index (χ1) is 14.1. The van der Waals surface area contributed by atoms with Crippen LogP contribution in [-0.4, -0.2) is 38.1 Å². The van der Waals surface area contributed by atoms with Crippen molar-refractivity contribution in [3.8, 4) is 17.1 Å². The van der Waals surface area contributed by atoms with Gasteiger partial charge in [0.05, 0.1) is 11.3 Å². The number of benzene rings is 2. The second kappa shape index (κ2) is 8.42. The van der Waals surface area contributed by atoms with E-state index in [1.165, 1.54) is 17.3 Å². The van der Waals surface area contributed by atoms with Gasteiger partial charge in [-0.1, -0.05) is 52.0 Å². The quantitative estimate of drug-likeness (QED) is 0.429. The van der Waals surface area contributed by atoms with Gasteiger partial charge in [0.1, 0.15) is 5.75 Å². The standard InChI is InChI=1S/C21H19BrN4O2S/c1-2-10-26-20(16-12-15(22)7-8-18(16)27)23-24-21(26)29-13-19(28)25-11-9-14-5-3-4-6-17(14)25/h2-8,12,27H,1,9-11,13H2. The third-order valence-corrected chi connectivity index (χ3v) is 6.19. The Balaban J connectivity index is 1.55. The van der Waals surface area contributed by atoms with Crippen molar-refractivity contribution < 1.29 is 9.90 Å². The fourth-order valence-electron chi connectivity index (χ4n) is 3.38. The zero-order chi connectivity index (χ0) is 20.4. The highest BCUT2D eigenvalue weighted by Gasteiger charge is 2.25. The first-order valence-corrected chi connectivity index (χ1v) is 10.9. The Morgan fingerprint density at radius 1 is 1.28 bits per heavy atom. The number of halogens is 1. The minimum atomic E-state index is 0.0416. The molecule has 0 saturated heterocycles. The van der Waals surface area contributed by atoms with Crippen LogP contribution < -0.4 is 4.90 Å². The lowest BCUT2D eigenvalue weighted by molar-refractivity contribution is -0.116. The van der Waals surface area contributed by atoms with Gasteiger partial charge in [-0.25, -0.2) is 0 Å².